The molecule has 0 aliphatic heterocycles. The molecular formula is C27H40O5. The Morgan fingerprint density at radius 3 is 2.69 bits per heavy atom. The molecule has 0 aromatic carbocycles. The Balaban J connectivity index is 1.72. The third-order valence-electron chi connectivity index (χ3n) is 9.95. The van der Waals surface area contributed by atoms with Gasteiger partial charge in [-0.1, -0.05) is 45.8 Å². The molecule has 3 fully saturated rings. The summed E-state index contributed by atoms with van der Waals surface area (Å²) in [6.45, 7) is 7.92. The normalized spacial score (nSPS) is 43.0. The van der Waals surface area contributed by atoms with Gasteiger partial charge in [0.2, 0.25) is 5.78 Å². The lowest BCUT2D eigenvalue weighted by molar-refractivity contribution is -0.191. The van der Waals surface area contributed by atoms with Crippen LogP contribution in [0, 0.1) is 34.5 Å². The van der Waals surface area contributed by atoms with Gasteiger partial charge >= 0.3 is 5.97 Å². The molecule has 0 spiro atoms. The molecule has 4 aliphatic carbocycles. The molecular weight excluding hydrogens is 404 g/mol. The summed E-state index contributed by atoms with van der Waals surface area (Å²) in [7, 11) is 0. The van der Waals surface area contributed by atoms with E-state index in [9.17, 15) is 19.5 Å². The number of hydrogen-bond donors (Lipinski definition) is 1. The van der Waals surface area contributed by atoms with Crippen LogP contribution in [0.2, 0.25) is 0 Å². The van der Waals surface area contributed by atoms with Crippen LogP contribution in [0.25, 0.3) is 0 Å². The lowest BCUT2D eigenvalue weighted by Crippen LogP contribution is -2.60. The van der Waals surface area contributed by atoms with E-state index in [0.717, 1.165) is 38.5 Å². The van der Waals surface area contributed by atoms with E-state index in [1.165, 1.54) is 5.57 Å². The number of ether oxygens (including phenoxy) is 1. The highest BCUT2D eigenvalue weighted by Gasteiger charge is 2.70. The second-order valence-electron chi connectivity index (χ2n) is 11.5. The summed E-state index contributed by atoms with van der Waals surface area (Å²) >= 11 is 0. The van der Waals surface area contributed by atoms with Crippen LogP contribution >= 0.6 is 0 Å². The highest BCUT2D eigenvalue weighted by atomic mass is 16.6. The number of unbranched alkanes of at least 4 members (excludes halogenated alkanes) is 1. The molecule has 5 heteroatoms. The molecule has 178 valence electrons. The van der Waals surface area contributed by atoms with Crippen LogP contribution in [0.15, 0.2) is 11.6 Å². The number of esters is 1. The molecule has 0 aromatic heterocycles. The third-order valence-corrected chi connectivity index (χ3v) is 9.95. The van der Waals surface area contributed by atoms with Crippen LogP contribution in [0.3, 0.4) is 0 Å². The fourth-order valence-corrected chi connectivity index (χ4v) is 8.18. The van der Waals surface area contributed by atoms with Crippen molar-refractivity contribution >= 4 is 17.5 Å². The molecule has 0 heterocycles. The molecule has 4 aliphatic rings. The zero-order chi connectivity index (χ0) is 23.3. The van der Waals surface area contributed by atoms with Crippen molar-refractivity contribution < 1.29 is 24.2 Å². The number of fused-ring (bicyclic) bond motifs is 5. The molecule has 3 saturated carbocycles. The molecule has 32 heavy (non-hydrogen) atoms. The second-order valence-corrected chi connectivity index (χ2v) is 11.5. The zero-order valence-electron chi connectivity index (χ0n) is 20.2. The lowest BCUT2D eigenvalue weighted by atomic mass is 9.48. The van der Waals surface area contributed by atoms with Crippen LogP contribution in [-0.2, 0) is 19.1 Å². The SMILES string of the molecule is CCCCC(=O)O[C@@]1(C(=O)CO)[C@@H](C)C[C@H]2[C@@H]3CC[C@H]4CC(=O)CC[C@]4(C)C3=CC[C@@]21C. The van der Waals surface area contributed by atoms with Gasteiger partial charge in [-0.3, -0.25) is 14.4 Å². The van der Waals surface area contributed by atoms with E-state index in [1.54, 1.807) is 0 Å². The molecule has 0 unspecified atom stereocenters. The van der Waals surface area contributed by atoms with Crippen molar-refractivity contribution in [3.8, 4) is 0 Å². The maximum Gasteiger partial charge on any atom is 0.306 e. The minimum atomic E-state index is -1.26. The Bertz CT molecular complexity index is 830. The predicted molar refractivity (Wildman–Crippen MR) is 122 cm³/mol. The number of aliphatic hydroxyl groups is 1. The Labute approximate surface area is 192 Å². The number of hydrogen-bond acceptors (Lipinski definition) is 5. The van der Waals surface area contributed by atoms with Crippen molar-refractivity contribution in [2.45, 2.75) is 97.5 Å². The quantitative estimate of drug-likeness (QED) is 0.470. The van der Waals surface area contributed by atoms with Gasteiger partial charge in [-0.15, -0.1) is 0 Å². The highest BCUT2D eigenvalue weighted by molar-refractivity contribution is 5.92. The van der Waals surface area contributed by atoms with E-state index in [1.807, 2.05) is 13.8 Å². The number of carbonyl (C=O) groups excluding carboxylic acids is 3. The summed E-state index contributed by atoms with van der Waals surface area (Å²) < 4.78 is 6.14. The minimum absolute atomic E-state index is 0.0609. The fraction of sp³-hybridized carbons (Fsp3) is 0.815. The van der Waals surface area contributed by atoms with E-state index < -0.39 is 17.6 Å². The topological polar surface area (TPSA) is 80.7 Å². The van der Waals surface area contributed by atoms with Crippen LogP contribution in [0.5, 0.6) is 0 Å². The second kappa shape index (κ2) is 8.38. The average molecular weight is 445 g/mol. The largest absolute Gasteiger partial charge is 0.450 e. The van der Waals surface area contributed by atoms with Gasteiger partial charge in [0, 0.05) is 30.6 Å². The highest BCUT2D eigenvalue weighted by Crippen LogP contribution is 2.68. The van der Waals surface area contributed by atoms with Gasteiger partial charge in [0.25, 0.3) is 0 Å². The first-order valence-corrected chi connectivity index (χ1v) is 12.7. The van der Waals surface area contributed by atoms with E-state index in [4.69, 9.17) is 4.74 Å². The van der Waals surface area contributed by atoms with Gasteiger partial charge in [-0.2, -0.15) is 0 Å². The van der Waals surface area contributed by atoms with Crippen molar-refractivity contribution in [2.75, 3.05) is 6.61 Å². The van der Waals surface area contributed by atoms with Gasteiger partial charge in [0.05, 0.1) is 0 Å². The number of ketones is 2. The Morgan fingerprint density at radius 2 is 2.00 bits per heavy atom. The Morgan fingerprint density at radius 1 is 1.25 bits per heavy atom. The average Bonchev–Trinajstić information content (AvgIpc) is 2.99. The molecule has 0 saturated heterocycles. The molecule has 4 rings (SSSR count). The van der Waals surface area contributed by atoms with E-state index in [2.05, 4.69) is 19.9 Å². The summed E-state index contributed by atoms with van der Waals surface area (Å²) in [5.41, 5.74) is -0.235. The van der Waals surface area contributed by atoms with Crippen LogP contribution in [0.4, 0.5) is 0 Å². The van der Waals surface area contributed by atoms with Crippen molar-refractivity contribution in [1.82, 2.24) is 0 Å². The maximum atomic E-state index is 13.3. The van der Waals surface area contributed by atoms with Crippen LogP contribution in [-0.4, -0.2) is 34.9 Å². The molecule has 0 bridgehead atoms. The first-order chi connectivity index (χ1) is 15.1. The van der Waals surface area contributed by atoms with E-state index in [-0.39, 0.29) is 29.0 Å². The van der Waals surface area contributed by atoms with Crippen molar-refractivity contribution in [3.63, 3.8) is 0 Å². The summed E-state index contributed by atoms with van der Waals surface area (Å²) in [5.74, 6) is 0.613. The Hall–Kier alpha value is -1.49. The van der Waals surface area contributed by atoms with Gasteiger partial charge < -0.3 is 9.84 Å². The van der Waals surface area contributed by atoms with Gasteiger partial charge in [-0.05, 0) is 61.7 Å². The van der Waals surface area contributed by atoms with Crippen molar-refractivity contribution in [3.05, 3.63) is 11.6 Å². The number of carbonyl (C=O) groups is 3. The summed E-state index contributed by atoms with van der Waals surface area (Å²) in [5, 5.41) is 9.94. The molecule has 0 aromatic rings. The summed E-state index contributed by atoms with van der Waals surface area (Å²) in [6, 6.07) is 0. The van der Waals surface area contributed by atoms with Crippen molar-refractivity contribution in [2.24, 2.45) is 34.5 Å². The van der Waals surface area contributed by atoms with Gasteiger partial charge in [0.15, 0.2) is 5.60 Å². The number of aliphatic hydroxyl groups excluding tert-OH is 1. The first kappa shape index (κ1) is 23.7. The Kier molecular flexibility index (Phi) is 6.19. The van der Waals surface area contributed by atoms with Crippen LogP contribution in [0.1, 0.15) is 91.9 Å². The number of Topliss-reactive ketones (excluding diaryl/α,β-unsaturated/α-hetero) is 2. The van der Waals surface area contributed by atoms with Gasteiger partial charge in [0.1, 0.15) is 12.4 Å². The maximum absolute atomic E-state index is 13.3. The molecule has 5 nitrogen and oxygen atoms in total. The molecule has 0 amide bonds. The summed E-state index contributed by atoms with van der Waals surface area (Å²) in [6.07, 6.45) is 10.1. The molecule has 1 N–H and O–H groups in total. The monoisotopic (exact) mass is 444 g/mol. The first-order valence-electron chi connectivity index (χ1n) is 12.7. The minimum Gasteiger partial charge on any atom is -0.450 e. The summed E-state index contributed by atoms with van der Waals surface area (Å²) in [4.78, 5) is 38.3. The smallest absolute Gasteiger partial charge is 0.306 e. The molecule has 7 atom stereocenters. The zero-order valence-corrected chi connectivity index (χ0v) is 20.2. The van der Waals surface area contributed by atoms with E-state index >= 15 is 0 Å². The van der Waals surface area contributed by atoms with E-state index in [0.29, 0.717) is 43.3 Å². The fourth-order valence-electron chi connectivity index (χ4n) is 8.18. The number of allylic oxidation sites excluding steroid dienone is 2. The predicted octanol–water partition coefficient (Wildman–Crippen LogP) is 4.80. The van der Waals surface area contributed by atoms with Crippen LogP contribution < -0.4 is 0 Å². The third kappa shape index (κ3) is 3.25. The van der Waals surface area contributed by atoms with Gasteiger partial charge in [-0.25, -0.2) is 0 Å². The standard InChI is InChI=1S/C27H40O5/c1-5-6-7-24(31)32-27(23(30)16-28)17(2)14-22-20-9-8-18-15-19(29)10-12-25(18,3)21(20)11-13-26(22,27)4/h11,17-18,20,22,28H,5-10,12-16H2,1-4H3/t17-,18-,20+,22-,25-,26-,27+/m0/s1. The van der Waals surface area contributed by atoms with Crippen molar-refractivity contribution in [1.29, 1.82) is 0 Å². The number of rotatable bonds is 6. The lowest BCUT2D eigenvalue weighted by Gasteiger charge is -2.57. The molecule has 0 radical (unpaired) electrons.